The van der Waals surface area contributed by atoms with Crippen molar-refractivity contribution in [1.29, 1.82) is 0 Å². The van der Waals surface area contributed by atoms with Crippen molar-refractivity contribution in [2.45, 2.75) is 17.2 Å². The number of rotatable bonds is 4. The van der Waals surface area contributed by atoms with Crippen molar-refractivity contribution >= 4 is 38.9 Å². The van der Waals surface area contributed by atoms with Crippen LogP contribution in [0.25, 0.3) is 0 Å². The predicted molar refractivity (Wildman–Crippen MR) is 96.5 cm³/mol. The summed E-state index contributed by atoms with van der Waals surface area (Å²) >= 11 is 6.92. The first-order chi connectivity index (χ1) is 11.9. The lowest BCUT2D eigenvalue weighted by Gasteiger charge is -2.38. The second kappa shape index (κ2) is 7.89. The largest absolute Gasteiger partial charge is 0.378 e. The predicted octanol–water partition coefficient (Wildman–Crippen LogP) is 0.955. The van der Waals surface area contributed by atoms with Crippen molar-refractivity contribution in [3.05, 3.63) is 16.5 Å². The van der Waals surface area contributed by atoms with Gasteiger partial charge >= 0.3 is 0 Å². The number of carbonyl (C=O) groups excluding carboxylic acids is 1. The summed E-state index contributed by atoms with van der Waals surface area (Å²) < 4.78 is 32.7. The number of halogens is 1. The van der Waals surface area contributed by atoms with Crippen molar-refractivity contribution in [3.8, 4) is 0 Å². The molecule has 0 N–H and O–H groups in total. The van der Waals surface area contributed by atoms with E-state index in [1.165, 1.54) is 4.31 Å². The second-order valence-corrected chi connectivity index (χ2v) is 9.99. The molecule has 2 fully saturated rings. The minimum atomic E-state index is -3.50. The molecule has 0 aromatic carbocycles. The number of hydrogen-bond acceptors (Lipinski definition) is 6. The Balaban J connectivity index is 1.58. The lowest BCUT2D eigenvalue weighted by Crippen LogP contribution is -2.56. The van der Waals surface area contributed by atoms with Gasteiger partial charge in [-0.15, -0.1) is 11.3 Å². The highest BCUT2D eigenvalue weighted by Crippen LogP contribution is 2.28. The van der Waals surface area contributed by atoms with Crippen molar-refractivity contribution in [2.75, 3.05) is 52.5 Å². The van der Waals surface area contributed by atoms with E-state index in [1.807, 2.05) is 16.7 Å². The van der Waals surface area contributed by atoms with Crippen molar-refractivity contribution in [1.82, 2.24) is 14.1 Å². The first-order valence-electron chi connectivity index (χ1n) is 8.25. The van der Waals surface area contributed by atoms with Crippen LogP contribution in [0.4, 0.5) is 0 Å². The number of carbonyl (C=O) groups is 1. The second-order valence-electron chi connectivity index (χ2n) is 6.11. The van der Waals surface area contributed by atoms with Crippen LogP contribution in [-0.2, 0) is 19.6 Å². The number of ether oxygens (including phenoxy) is 1. The smallest absolute Gasteiger partial charge is 0.252 e. The summed E-state index contributed by atoms with van der Waals surface area (Å²) in [7, 11) is -3.50. The Hall–Kier alpha value is -0.710. The molecule has 2 aliphatic rings. The molecule has 0 unspecified atom stereocenters. The summed E-state index contributed by atoms with van der Waals surface area (Å²) in [6.07, 6.45) is 0. The van der Waals surface area contributed by atoms with Crippen LogP contribution in [0.5, 0.6) is 0 Å². The van der Waals surface area contributed by atoms with Gasteiger partial charge in [0.15, 0.2) is 0 Å². The average Bonchev–Trinajstić information content (AvgIpc) is 3.08. The van der Waals surface area contributed by atoms with Gasteiger partial charge in [0.25, 0.3) is 10.0 Å². The highest BCUT2D eigenvalue weighted by Gasteiger charge is 2.34. The van der Waals surface area contributed by atoms with Crippen molar-refractivity contribution < 1.29 is 17.9 Å². The number of nitrogens with zero attached hydrogens (tertiary/aromatic N) is 3. The third-order valence-corrected chi connectivity index (χ3v) is 8.24. The maximum Gasteiger partial charge on any atom is 0.252 e. The molecule has 1 aromatic rings. The van der Waals surface area contributed by atoms with Gasteiger partial charge in [0.05, 0.1) is 23.6 Å². The minimum absolute atomic E-state index is 0.0876. The molecule has 1 aromatic heterocycles. The van der Waals surface area contributed by atoms with E-state index >= 15 is 0 Å². The van der Waals surface area contributed by atoms with Crippen LogP contribution in [0.2, 0.25) is 4.34 Å². The molecule has 0 saturated carbocycles. The summed E-state index contributed by atoms with van der Waals surface area (Å²) in [4.78, 5) is 16.5. The van der Waals surface area contributed by atoms with E-state index < -0.39 is 10.0 Å². The highest BCUT2D eigenvalue weighted by atomic mass is 35.5. The quantitative estimate of drug-likeness (QED) is 0.743. The maximum atomic E-state index is 12.6. The van der Waals surface area contributed by atoms with Crippen molar-refractivity contribution in [2.24, 2.45) is 0 Å². The zero-order valence-electron chi connectivity index (χ0n) is 14.1. The number of morpholine rings is 1. The fraction of sp³-hybridized carbons (Fsp3) is 0.667. The molecule has 10 heteroatoms. The molecule has 2 aliphatic heterocycles. The van der Waals surface area contributed by atoms with Crippen molar-refractivity contribution in [3.63, 3.8) is 0 Å². The number of hydrogen-bond donors (Lipinski definition) is 0. The summed E-state index contributed by atoms with van der Waals surface area (Å²) in [5.74, 6) is 0.0876. The number of sulfonamides is 1. The molecule has 2 saturated heterocycles. The van der Waals surface area contributed by atoms with Crippen LogP contribution in [0.1, 0.15) is 6.92 Å². The van der Waals surface area contributed by atoms with E-state index in [0.29, 0.717) is 56.8 Å². The van der Waals surface area contributed by atoms with Gasteiger partial charge in [0.1, 0.15) is 4.21 Å². The van der Waals surface area contributed by atoms with Gasteiger partial charge in [0, 0.05) is 39.3 Å². The Kier molecular flexibility index (Phi) is 6.02. The van der Waals surface area contributed by atoms with Gasteiger partial charge in [-0.25, -0.2) is 8.42 Å². The molecular weight excluding hydrogens is 386 g/mol. The zero-order valence-corrected chi connectivity index (χ0v) is 16.4. The molecule has 0 radical (unpaired) electrons. The van der Waals surface area contributed by atoms with Gasteiger partial charge in [-0.2, -0.15) is 4.31 Å². The molecule has 3 heterocycles. The molecule has 1 amide bonds. The fourth-order valence-corrected chi connectivity index (χ4v) is 6.16. The SMILES string of the molecule is C[C@@H](C(=O)N1CCOCC1)N1CCN(S(=O)(=O)c2ccc(Cl)s2)CC1. The van der Waals surface area contributed by atoms with E-state index in [0.717, 1.165) is 11.3 Å². The third kappa shape index (κ3) is 4.17. The van der Waals surface area contributed by atoms with Crippen LogP contribution in [-0.4, -0.2) is 87.0 Å². The molecule has 140 valence electrons. The standard InChI is InChI=1S/C15H22ClN3O4S2/c1-12(15(20)18-8-10-23-11-9-18)17-4-6-19(7-5-17)25(21,22)14-3-2-13(16)24-14/h2-3,12H,4-11H2,1H3/t12-/m0/s1. The lowest BCUT2D eigenvalue weighted by molar-refractivity contribution is -0.140. The molecular formula is C15H22ClN3O4S2. The molecule has 0 spiro atoms. The van der Waals surface area contributed by atoms with Gasteiger partial charge in [-0.05, 0) is 19.1 Å². The minimum Gasteiger partial charge on any atom is -0.378 e. The average molecular weight is 408 g/mol. The van der Waals surface area contributed by atoms with E-state index in [2.05, 4.69) is 0 Å². The molecule has 7 nitrogen and oxygen atoms in total. The Bertz CT molecular complexity index is 710. The van der Waals surface area contributed by atoms with Gasteiger partial charge in [-0.3, -0.25) is 9.69 Å². The van der Waals surface area contributed by atoms with Gasteiger partial charge in [0.2, 0.25) is 5.91 Å². The maximum absolute atomic E-state index is 12.6. The van der Waals surface area contributed by atoms with Gasteiger partial charge in [-0.1, -0.05) is 11.6 Å². The number of thiophene rings is 1. The Morgan fingerprint density at radius 3 is 2.36 bits per heavy atom. The van der Waals surface area contributed by atoms with E-state index in [-0.39, 0.29) is 16.2 Å². The summed E-state index contributed by atoms with van der Waals surface area (Å²) in [6, 6.07) is 2.89. The van der Waals surface area contributed by atoms with Crippen LogP contribution >= 0.6 is 22.9 Å². The first kappa shape index (κ1) is 19.1. The van der Waals surface area contributed by atoms with Crippen LogP contribution in [0.3, 0.4) is 0 Å². The summed E-state index contributed by atoms with van der Waals surface area (Å²) in [6.45, 7) is 6.11. The third-order valence-electron chi connectivity index (χ3n) is 4.64. The van der Waals surface area contributed by atoms with Gasteiger partial charge < -0.3 is 9.64 Å². The van der Waals surface area contributed by atoms with Crippen LogP contribution in [0.15, 0.2) is 16.3 Å². The molecule has 25 heavy (non-hydrogen) atoms. The highest BCUT2D eigenvalue weighted by molar-refractivity contribution is 7.91. The summed E-state index contributed by atoms with van der Waals surface area (Å²) in [5.41, 5.74) is 0. The van der Waals surface area contributed by atoms with E-state index in [1.54, 1.807) is 12.1 Å². The lowest BCUT2D eigenvalue weighted by atomic mass is 10.2. The monoisotopic (exact) mass is 407 g/mol. The molecule has 0 aliphatic carbocycles. The topological polar surface area (TPSA) is 70.2 Å². The normalized spacial score (nSPS) is 22.1. The molecule has 3 rings (SSSR count). The zero-order chi connectivity index (χ0) is 18.0. The Labute approximate surface area is 157 Å². The Morgan fingerprint density at radius 1 is 1.16 bits per heavy atom. The first-order valence-corrected chi connectivity index (χ1v) is 10.9. The number of amides is 1. The molecule has 1 atom stereocenters. The van der Waals surface area contributed by atoms with Crippen LogP contribution in [0, 0.1) is 0 Å². The number of piperazine rings is 1. The Morgan fingerprint density at radius 2 is 1.80 bits per heavy atom. The van der Waals surface area contributed by atoms with E-state index in [4.69, 9.17) is 16.3 Å². The van der Waals surface area contributed by atoms with E-state index in [9.17, 15) is 13.2 Å². The fourth-order valence-electron chi connectivity index (χ4n) is 3.10. The molecule has 0 bridgehead atoms. The summed E-state index contributed by atoms with van der Waals surface area (Å²) in [5, 5.41) is 0. The van der Waals surface area contributed by atoms with Crippen LogP contribution < -0.4 is 0 Å².